The predicted molar refractivity (Wildman–Crippen MR) is 80.6 cm³/mol. The normalized spacial score (nSPS) is 12.9. The quantitative estimate of drug-likeness (QED) is 0.909. The summed E-state index contributed by atoms with van der Waals surface area (Å²) in [5.74, 6) is 0.698. The molecule has 0 fully saturated rings. The van der Waals surface area contributed by atoms with Gasteiger partial charge in [-0.2, -0.15) is 0 Å². The maximum Gasteiger partial charge on any atom is 0.137 e. The van der Waals surface area contributed by atoms with Gasteiger partial charge in [-0.1, -0.05) is 6.07 Å². The molecular weight excluding hydrogens is 323 g/mol. The van der Waals surface area contributed by atoms with E-state index >= 15 is 0 Å². The minimum atomic E-state index is -0.267. The number of nitrogens with zero attached hydrogens (tertiary/aromatic N) is 3. The monoisotopic (exact) mass is 340 g/mol. The van der Waals surface area contributed by atoms with Crippen molar-refractivity contribution in [3.63, 3.8) is 0 Å². The van der Waals surface area contributed by atoms with Crippen molar-refractivity contribution < 1.29 is 4.39 Å². The fraction of sp³-hybridized carbons (Fsp3) is 0.357. The number of rotatable bonds is 5. The lowest BCUT2D eigenvalue weighted by Gasteiger charge is -2.27. The molecule has 2 rings (SSSR count). The first-order chi connectivity index (χ1) is 9.52. The van der Waals surface area contributed by atoms with Crippen LogP contribution in [0.1, 0.15) is 17.4 Å². The SMILES string of the molecule is CN(Cc1nccn1C)C(CN)c1ccc(F)c(Br)c1. The molecule has 1 atom stereocenters. The second kappa shape index (κ2) is 6.47. The van der Waals surface area contributed by atoms with E-state index in [4.69, 9.17) is 5.73 Å². The zero-order valence-electron chi connectivity index (χ0n) is 11.6. The first-order valence-corrected chi connectivity index (χ1v) is 7.13. The van der Waals surface area contributed by atoms with Crippen molar-refractivity contribution in [2.45, 2.75) is 12.6 Å². The molecule has 0 radical (unpaired) electrons. The van der Waals surface area contributed by atoms with Crippen LogP contribution in [0.5, 0.6) is 0 Å². The Hall–Kier alpha value is -1.24. The molecule has 1 heterocycles. The summed E-state index contributed by atoms with van der Waals surface area (Å²) in [5, 5.41) is 0. The van der Waals surface area contributed by atoms with Crippen molar-refractivity contribution in [1.82, 2.24) is 14.5 Å². The fourth-order valence-electron chi connectivity index (χ4n) is 2.17. The largest absolute Gasteiger partial charge is 0.337 e. The van der Waals surface area contributed by atoms with E-state index in [-0.39, 0.29) is 11.9 Å². The third-order valence-corrected chi connectivity index (χ3v) is 4.00. The van der Waals surface area contributed by atoms with E-state index in [0.717, 1.165) is 11.4 Å². The third-order valence-electron chi connectivity index (χ3n) is 3.40. The molecule has 2 aromatic rings. The molecule has 2 N–H and O–H groups in total. The molecule has 1 aromatic carbocycles. The van der Waals surface area contributed by atoms with E-state index in [1.807, 2.05) is 24.9 Å². The van der Waals surface area contributed by atoms with E-state index < -0.39 is 0 Å². The number of hydrogen-bond acceptors (Lipinski definition) is 3. The summed E-state index contributed by atoms with van der Waals surface area (Å²) >= 11 is 3.21. The fourth-order valence-corrected chi connectivity index (χ4v) is 2.57. The number of benzene rings is 1. The molecule has 1 aromatic heterocycles. The van der Waals surface area contributed by atoms with E-state index in [1.54, 1.807) is 18.3 Å². The second-order valence-electron chi connectivity index (χ2n) is 4.79. The molecule has 0 bridgehead atoms. The van der Waals surface area contributed by atoms with Gasteiger partial charge in [0, 0.05) is 32.0 Å². The zero-order valence-corrected chi connectivity index (χ0v) is 13.1. The van der Waals surface area contributed by atoms with Gasteiger partial charge in [0.15, 0.2) is 0 Å². The Morgan fingerprint density at radius 1 is 1.50 bits per heavy atom. The Morgan fingerprint density at radius 3 is 2.80 bits per heavy atom. The number of aryl methyl sites for hydroxylation is 1. The third kappa shape index (κ3) is 3.26. The first kappa shape index (κ1) is 15.2. The summed E-state index contributed by atoms with van der Waals surface area (Å²) in [6.45, 7) is 1.14. The number of halogens is 2. The minimum absolute atomic E-state index is 0.0172. The second-order valence-corrected chi connectivity index (χ2v) is 5.65. The summed E-state index contributed by atoms with van der Waals surface area (Å²) in [6.07, 6.45) is 3.68. The average molecular weight is 341 g/mol. The van der Waals surface area contributed by atoms with Crippen LogP contribution in [-0.2, 0) is 13.6 Å². The van der Waals surface area contributed by atoms with Gasteiger partial charge in [-0.05, 0) is 40.7 Å². The van der Waals surface area contributed by atoms with Crippen molar-refractivity contribution in [3.05, 3.63) is 52.3 Å². The number of imidazole rings is 1. The Morgan fingerprint density at radius 2 is 2.25 bits per heavy atom. The highest BCUT2D eigenvalue weighted by atomic mass is 79.9. The number of hydrogen-bond donors (Lipinski definition) is 1. The predicted octanol–water partition coefficient (Wildman–Crippen LogP) is 2.45. The van der Waals surface area contributed by atoms with E-state index in [2.05, 4.69) is 25.8 Å². The Labute approximate surface area is 126 Å². The van der Waals surface area contributed by atoms with Crippen LogP contribution >= 0.6 is 15.9 Å². The van der Waals surface area contributed by atoms with Gasteiger partial charge < -0.3 is 10.3 Å². The van der Waals surface area contributed by atoms with Gasteiger partial charge in [0.2, 0.25) is 0 Å². The lowest BCUT2D eigenvalue weighted by Crippen LogP contribution is -2.31. The van der Waals surface area contributed by atoms with E-state index in [0.29, 0.717) is 17.6 Å². The van der Waals surface area contributed by atoms with Gasteiger partial charge in [0.25, 0.3) is 0 Å². The molecule has 1 unspecified atom stereocenters. The standard InChI is InChI=1S/C14H18BrFN4/c1-19-6-5-18-14(19)9-20(2)13(8-17)10-3-4-12(16)11(15)7-10/h3-7,13H,8-9,17H2,1-2H3. The number of aromatic nitrogens is 2. The van der Waals surface area contributed by atoms with Gasteiger partial charge in [0.1, 0.15) is 11.6 Å². The molecule has 0 aliphatic rings. The van der Waals surface area contributed by atoms with Crippen LogP contribution in [0.4, 0.5) is 4.39 Å². The van der Waals surface area contributed by atoms with Gasteiger partial charge in [-0.3, -0.25) is 4.90 Å². The van der Waals surface area contributed by atoms with Gasteiger partial charge in [-0.15, -0.1) is 0 Å². The molecule has 6 heteroatoms. The van der Waals surface area contributed by atoms with Crippen molar-refractivity contribution in [1.29, 1.82) is 0 Å². The van der Waals surface area contributed by atoms with Crippen LogP contribution in [0.15, 0.2) is 35.1 Å². The molecule has 0 saturated carbocycles. The molecular formula is C14H18BrFN4. The van der Waals surface area contributed by atoms with Crippen LogP contribution in [0, 0.1) is 5.82 Å². The van der Waals surface area contributed by atoms with Crippen LogP contribution in [0.25, 0.3) is 0 Å². The van der Waals surface area contributed by atoms with Crippen LogP contribution in [0.2, 0.25) is 0 Å². The van der Waals surface area contributed by atoms with Crippen LogP contribution < -0.4 is 5.73 Å². The maximum absolute atomic E-state index is 13.3. The lowest BCUT2D eigenvalue weighted by atomic mass is 10.1. The Kier molecular flexibility index (Phi) is 4.91. The highest BCUT2D eigenvalue weighted by Gasteiger charge is 2.18. The summed E-state index contributed by atoms with van der Waals surface area (Å²) in [4.78, 5) is 6.42. The summed E-state index contributed by atoms with van der Waals surface area (Å²) < 4.78 is 15.8. The summed E-state index contributed by atoms with van der Waals surface area (Å²) in [6, 6.07) is 5.02. The van der Waals surface area contributed by atoms with E-state index in [1.165, 1.54) is 6.07 Å². The topological polar surface area (TPSA) is 47.1 Å². The Balaban J connectivity index is 2.18. The molecule has 0 amide bonds. The Bertz CT molecular complexity index is 584. The lowest BCUT2D eigenvalue weighted by molar-refractivity contribution is 0.233. The molecule has 0 saturated heterocycles. The minimum Gasteiger partial charge on any atom is -0.337 e. The molecule has 20 heavy (non-hydrogen) atoms. The first-order valence-electron chi connectivity index (χ1n) is 6.34. The zero-order chi connectivity index (χ0) is 14.7. The van der Waals surface area contributed by atoms with Crippen LogP contribution in [0.3, 0.4) is 0 Å². The van der Waals surface area contributed by atoms with E-state index in [9.17, 15) is 4.39 Å². The van der Waals surface area contributed by atoms with Gasteiger partial charge >= 0.3 is 0 Å². The molecule has 0 aliphatic heterocycles. The van der Waals surface area contributed by atoms with Crippen molar-refractivity contribution in [2.75, 3.05) is 13.6 Å². The summed E-state index contributed by atoms with van der Waals surface area (Å²) in [5.41, 5.74) is 6.87. The van der Waals surface area contributed by atoms with Crippen molar-refractivity contribution in [3.8, 4) is 0 Å². The van der Waals surface area contributed by atoms with Gasteiger partial charge in [-0.25, -0.2) is 9.37 Å². The molecule has 4 nitrogen and oxygen atoms in total. The van der Waals surface area contributed by atoms with Crippen molar-refractivity contribution >= 4 is 15.9 Å². The maximum atomic E-state index is 13.3. The highest BCUT2D eigenvalue weighted by molar-refractivity contribution is 9.10. The molecule has 108 valence electrons. The number of nitrogens with two attached hydrogens (primary N) is 1. The highest BCUT2D eigenvalue weighted by Crippen LogP contribution is 2.25. The van der Waals surface area contributed by atoms with Crippen molar-refractivity contribution in [2.24, 2.45) is 12.8 Å². The smallest absolute Gasteiger partial charge is 0.137 e. The average Bonchev–Trinajstić information content (AvgIpc) is 2.80. The summed E-state index contributed by atoms with van der Waals surface area (Å²) in [7, 11) is 3.95. The van der Waals surface area contributed by atoms with Crippen LogP contribution in [-0.4, -0.2) is 28.0 Å². The molecule has 0 aliphatic carbocycles. The molecule has 0 spiro atoms. The van der Waals surface area contributed by atoms with Gasteiger partial charge in [0.05, 0.1) is 11.0 Å². The number of likely N-dealkylation sites (N-methyl/N-ethyl adjacent to an activating group) is 1.